The van der Waals surface area contributed by atoms with Gasteiger partial charge in [-0.05, 0) is 37.5 Å². The van der Waals surface area contributed by atoms with Crippen LogP contribution in [0.3, 0.4) is 0 Å². The number of hydrogen-bond acceptors (Lipinski definition) is 5. The van der Waals surface area contributed by atoms with Gasteiger partial charge in [-0.15, -0.1) is 11.3 Å². The third-order valence-corrected chi connectivity index (χ3v) is 4.89. The summed E-state index contributed by atoms with van der Waals surface area (Å²) in [5, 5.41) is 0.462. The first kappa shape index (κ1) is 15.4. The molecule has 5 nitrogen and oxygen atoms in total. The summed E-state index contributed by atoms with van der Waals surface area (Å²) in [5.41, 5.74) is 2.43. The molecule has 0 unspecified atom stereocenters. The largest absolute Gasteiger partial charge is 0.457 e. The second-order valence-electron chi connectivity index (χ2n) is 5.39. The molecule has 0 spiro atoms. The zero-order valence-electron chi connectivity index (χ0n) is 13.1. The van der Waals surface area contributed by atoms with Gasteiger partial charge in [-0.25, -0.2) is 9.78 Å². The Morgan fingerprint density at radius 3 is 2.74 bits per heavy atom. The van der Waals surface area contributed by atoms with Crippen molar-refractivity contribution in [2.24, 2.45) is 0 Å². The number of fused-ring (bicyclic) bond motifs is 1. The van der Waals surface area contributed by atoms with Crippen LogP contribution in [0.2, 0.25) is 0 Å². The van der Waals surface area contributed by atoms with E-state index in [2.05, 4.69) is 9.97 Å². The fourth-order valence-electron chi connectivity index (χ4n) is 2.43. The minimum atomic E-state index is -0.425. The lowest BCUT2D eigenvalue weighted by molar-refractivity contribution is 0.0477. The standard InChI is InChI=1S/C17H16N2O3S/c1-9-6-4-5-7-12(9)8-22-17(21)14-10(2)13-15(20)18-11(3)19-16(13)23-14/h4-7H,8H2,1-3H3,(H,18,19,20). The number of aromatic amines is 1. The number of thiophene rings is 1. The van der Waals surface area contributed by atoms with E-state index in [9.17, 15) is 9.59 Å². The second-order valence-corrected chi connectivity index (χ2v) is 6.39. The van der Waals surface area contributed by atoms with E-state index in [0.717, 1.165) is 11.1 Å². The molecule has 0 aliphatic heterocycles. The highest BCUT2D eigenvalue weighted by Crippen LogP contribution is 2.27. The van der Waals surface area contributed by atoms with Crippen molar-refractivity contribution in [1.82, 2.24) is 9.97 Å². The van der Waals surface area contributed by atoms with E-state index in [1.165, 1.54) is 11.3 Å². The molecule has 1 N–H and O–H groups in total. The number of carbonyl (C=O) groups excluding carboxylic acids is 1. The number of nitrogens with zero attached hydrogens (tertiary/aromatic N) is 1. The van der Waals surface area contributed by atoms with E-state index in [-0.39, 0.29) is 12.2 Å². The summed E-state index contributed by atoms with van der Waals surface area (Å²) >= 11 is 1.19. The molecule has 0 saturated carbocycles. The number of nitrogens with one attached hydrogen (secondary N) is 1. The van der Waals surface area contributed by atoms with Gasteiger partial charge in [0.15, 0.2) is 0 Å². The van der Waals surface area contributed by atoms with Crippen LogP contribution >= 0.6 is 11.3 Å². The van der Waals surface area contributed by atoms with Gasteiger partial charge in [-0.2, -0.15) is 0 Å². The third-order valence-electron chi connectivity index (χ3n) is 3.72. The molecule has 0 atom stereocenters. The third kappa shape index (κ3) is 2.90. The highest BCUT2D eigenvalue weighted by Gasteiger charge is 2.20. The van der Waals surface area contributed by atoms with Crippen LogP contribution in [0.1, 0.15) is 32.2 Å². The molecule has 0 aliphatic carbocycles. The van der Waals surface area contributed by atoms with Gasteiger partial charge >= 0.3 is 5.97 Å². The molecule has 2 aromatic heterocycles. The minimum Gasteiger partial charge on any atom is -0.457 e. The van der Waals surface area contributed by atoms with E-state index >= 15 is 0 Å². The normalized spacial score (nSPS) is 10.9. The first-order chi connectivity index (χ1) is 11.0. The average molecular weight is 328 g/mol. The fourth-order valence-corrected chi connectivity index (χ4v) is 3.55. The average Bonchev–Trinajstić information content (AvgIpc) is 2.83. The number of H-pyrrole nitrogens is 1. The molecule has 2 heterocycles. The Morgan fingerprint density at radius 1 is 1.26 bits per heavy atom. The summed E-state index contributed by atoms with van der Waals surface area (Å²) in [6.07, 6.45) is 0. The lowest BCUT2D eigenvalue weighted by Gasteiger charge is -2.06. The Morgan fingerprint density at radius 2 is 2.00 bits per heavy atom. The van der Waals surface area contributed by atoms with Crippen LogP contribution in [0.25, 0.3) is 10.2 Å². The maximum absolute atomic E-state index is 12.4. The predicted molar refractivity (Wildman–Crippen MR) is 90.0 cm³/mol. The quantitative estimate of drug-likeness (QED) is 0.749. The zero-order valence-corrected chi connectivity index (χ0v) is 13.9. The second kappa shape index (κ2) is 5.96. The number of hydrogen-bond donors (Lipinski definition) is 1. The summed E-state index contributed by atoms with van der Waals surface area (Å²) in [7, 11) is 0. The molecule has 0 radical (unpaired) electrons. The van der Waals surface area contributed by atoms with E-state index in [0.29, 0.717) is 26.5 Å². The number of benzene rings is 1. The number of aromatic nitrogens is 2. The van der Waals surface area contributed by atoms with Gasteiger partial charge in [-0.1, -0.05) is 24.3 Å². The molecule has 1 aromatic carbocycles. The van der Waals surface area contributed by atoms with Crippen molar-refractivity contribution in [3.63, 3.8) is 0 Å². The lowest BCUT2D eigenvalue weighted by Crippen LogP contribution is -2.10. The maximum Gasteiger partial charge on any atom is 0.349 e. The van der Waals surface area contributed by atoms with Crippen LogP contribution in [0.4, 0.5) is 0 Å². The molecule has 0 amide bonds. The summed E-state index contributed by atoms with van der Waals surface area (Å²) < 4.78 is 5.41. The highest BCUT2D eigenvalue weighted by molar-refractivity contribution is 7.20. The first-order valence-electron chi connectivity index (χ1n) is 7.19. The number of aryl methyl sites for hydroxylation is 3. The van der Waals surface area contributed by atoms with Crippen molar-refractivity contribution >= 4 is 27.5 Å². The Balaban J connectivity index is 1.90. The van der Waals surface area contributed by atoms with Crippen molar-refractivity contribution in [1.29, 1.82) is 0 Å². The Kier molecular flexibility index (Phi) is 4.00. The van der Waals surface area contributed by atoms with Crippen LogP contribution in [-0.4, -0.2) is 15.9 Å². The van der Waals surface area contributed by atoms with E-state index in [4.69, 9.17) is 4.74 Å². The summed E-state index contributed by atoms with van der Waals surface area (Å²) in [4.78, 5) is 32.3. The number of carbonyl (C=O) groups is 1. The Hall–Kier alpha value is -2.47. The monoisotopic (exact) mass is 328 g/mol. The molecule has 3 rings (SSSR count). The fraction of sp³-hybridized carbons (Fsp3) is 0.235. The topological polar surface area (TPSA) is 72.0 Å². The SMILES string of the molecule is Cc1nc2sc(C(=O)OCc3ccccc3C)c(C)c2c(=O)[nH]1. The molecule has 118 valence electrons. The van der Waals surface area contributed by atoms with Crippen molar-refractivity contribution in [2.75, 3.05) is 0 Å². The summed E-state index contributed by atoms with van der Waals surface area (Å²) in [5.74, 6) is 0.106. The van der Waals surface area contributed by atoms with Crippen LogP contribution in [-0.2, 0) is 11.3 Å². The van der Waals surface area contributed by atoms with E-state index in [1.807, 2.05) is 31.2 Å². The number of rotatable bonds is 3. The van der Waals surface area contributed by atoms with Gasteiger partial charge in [0, 0.05) is 0 Å². The molecule has 0 bridgehead atoms. The van der Waals surface area contributed by atoms with E-state index < -0.39 is 5.97 Å². The Bertz CT molecular complexity index is 956. The van der Waals surface area contributed by atoms with Crippen molar-refractivity contribution in [3.8, 4) is 0 Å². The summed E-state index contributed by atoms with van der Waals surface area (Å²) in [6, 6.07) is 7.75. The summed E-state index contributed by atoms with van der Waals surface area (Å²) in [6.45, 7) is 5.64. The van der Waals surface area contributed by atoms with Crippen LogP contribution < -0.4 is 5.56 Å². The lowest BCUT2D eigenvalue weighted by atomic mass is 10.1. The molecule has 0 aliphatic rings. The minimum absolute atomic E-state index is 0.210. The van der Waals surface area contributed by atoms with Gasteiger partial charge in [0.2, 0.25) is 0 Å². The smallest absolute Gasteiger partial charge is 0.349 e. The van der Waals surface area contributed by atoms with Crippen molar-refractivity contribution in [2.45, 2.75) is 27.4 Å². The van der Waals surface area contributed by atoms with Crippen LogP contribution in [0.5, 0.6) is 0 Å². The molecular weight excluding hydrogens is 312 g/mol. The van der Waals surface area contributed by atoms with Crippen LogP contribution in [0, 0.1) is 20.8 Å². The van der Waals surface area contributed by atoms with Crippen molar-refractivity contribution < 1.29 is 9.53 Å². The van der Waals surface area contributed by atoms with Gasteiger partial charge in [-0.3, -0.25) is 4.79 Å². The van der Waals surface area contributed by atoms with Gasteiger partial charge in [0.25, 0.3) is 5.56 Å². The molecule has 6 heteroatoms. The molecule has 23 heavy (non-hydrogen) atoms. The van der Waals surface area contributed by atoms with Gasteiger partial charge in [0.1, 0.15) is 22.1 Å². The van der Waals surface area contributed by atoms with Gasteiger partial charge < -0.3 is 9.72 Å². The van der Waals surface area contributed by atoms with Crippen LogP contribution in [0.15, 0.2) is 29.1 Å². The molecule has 3 aromatic rings. The molecule has 0 saturated heterocycles. The van der Waals surface area contributed by atoms with E-state index in [1.54, 1.807) is 13.8 Å². The molecule has 0 fully saturated rings. The number of ether oxygens (including phenoxy) is 1. The first-order valence-corrected chi connectivity index (χ1v) is 8.00. The van der Waals surface area contributed by atoms with Crippen molar-refractivity contribution in [3.05, 3.63) is 62.0 Å². The zero-order chi connectivity index (χ0) is 16.6. The highest BCUT2D eigenvalue weighted by atomic mass is 32.1. The number of esters is 1. The maximum atomic E-state index is 12.4. The Labute approximate surface area is 137 Å². The predicted octanol–water partition coefficient (Wildman–Crippen LogP) is 3.27. The molecular formula is C17H16N2O3S. The van der Waals surface area contributed by atoms with Gasteiger partial charge in [0.05, 0.1) is 5.39 Å².